The number of hydrogen-bond donors (Lipinski definition) is 1. The zero-order valence-electron chi connectivity index (χ0n) is 16.5. The van der Waals surface area contributed by atoms with Crippen molar-refractivity contribution in [1.29, 1.82) is 0 Å². The molecule has 0 saturated carbocycles. The topological polar surface area (TPSA) is 63.9 Å². The first-order valence-electron chi connectivity index (χ1n) is 9.80. The van der Waals surface area contributed by atoms with Gasteiger partial charge in [0.15, 0.2) is 0 Å². The number of piperidine rings is 1. The monoisotopic (exact) mass is 374 g/mol. The number of esters is 1. The molecule has 2 aromatic rings. The molecule has 27 heavy (non-hydrogen) atoms. The van der Waals surface area contributed by atoms with Gasteiger partial charge >= 0.3 is 5.97 Å². The predicted molar refractivity (Wildman–Crippen MR) is 105 cm³/mol. The Kier molecular flexibility index (Phi) is 6.39. The van der Waals surface area contributed by atoms with E-state index in [9.17, 15) is 9.90 Å². The van der Waals surface area contributed by atoms with Gasteiger partial charge in [0.05, 0.1) is 12.2 Å². The Bertz CT molecular complexity index is 793. The van der Waals surface area contributed by atoms with E-state index in [1.807, 2.05) is 36.7 Å². The van der Waals surface area contributed by atoms with Crippen molar-refractivity contribution in [3.05, 3.63) is 29.5 Å². The summed E-state index contributed by atoms with van der Waals surface area (Å²) in [5.41, 5.74) is 2.40. The molecular weight excluding hydrogens is 344 g/mol. The molecule has 1 aliphatic rings. The largest absolute Gasteiger partial charge is 0.491 e. The van der Waals surface area contributed by atoms with Crippen LogP contribution in [0.3, 0.4) is 0 Å². The van der Waals surface area contributed by atoms with E-state index < -0.39 is 6.10 Å². The molecule has 0 bridgehead atoms. The van der Waals surface area contributed by atoms with E-state index in [-0.39, 0.29) is 12.6 Å². The normalized spacial score (nSPS) is 16.4. The van der Waals surface area contributed by atoms with Crippen molar-refractivity contribution in [3.63, 3.8) is 0 Å². The molecule has 0 aliphatic carbocycles. The Morgan fingerprint density at radius 2 is 2.00 bits per heavy atom. The van der Waals surface area contributed by atoms with Crippen molar-refractivity contribution in [2.45, 2.75) is 39.2 Å². The lowest BCUT2D eigenvalue weighted by Crippen LogP contribution is -2.38. The van der Waals surface area contributed by atoms with Gasteiger partial charge in [-0.2, -0.15) is 0 Å². The summed E-state index contributed by atoms with van der Waals surface area (Å²) in [6, 6.07) is 5.68. The van der Waals surface area contributed by atoms with Gasteiger partial charge in [0.1, 0.15) is 18.5 Å². The number of hydrogen-bond acceptors (Lipinski definition) is 5. The lowest BCUT2D eigenvalue weighted by Gasteiger charge is -2.28. The van der Waals surface area contributed by atoms with E-state index in [0.717, 1.165) is 29.7 Å². The molecule has 148 valence electrons. The minimum Gasteiger partial charge on any atom is -0.491 e. The molecular formula is C21H30N2O4. The van der Waals surface area contributed by atoms with E-state index in [2.05, 4.69) is 4.90 Å². The van der Waals surface area contributed by atoms with Crippen molar-refractivity contribution >= 4 is 16.9 Å². The predicted octanol–water partition coefficient (Wildman–Crippen LogP) is 2.89. The highest BCUT2D eigenvalue weighted by atomic mass is 16.5. The smallest absolute Gasteiger partial charge is 0.340 e. The SMILES string of the molecule is CCOC(=O)c1c(C)n(C)c2ccc(OC[C@H](O)CN3CCCCC3)cc12. The van der Waals surface area contributed by atoms with E-state index in [1.165, 1.54) is 19.3 Å². The van der Waals surface area contributed by atoms with Crippen LogP contribution in [0.5, 0.6) is 5.75 Å². The molecule has 1 aliphatic heterocycles. The van der Waals surface area contributed by atoms with Crippen LogP contribution >= 0.6 is 0 Å². The van der Waals surface area contributed by atoms with E-state index in [4.69, 9.17) is 9.47 Å². The average molecular weight is 374 g/mol. The van der Waals surface area contributed by atoms with Gasteiger partial charge in [-0.1, -0.05) is 6.42 Å². The van der Waals surface area contributed by atoms with Gasteiger partial charge in [-0.05, 0) is 58.0 Å². The highest BCUT2D eigenvalue weighted by Crippen LogP contribution is 2.29. The maximum atomic E-state index is 12.4. The first kappa shape index (κ1) is 19.7. The number of benzene rings is 1. The third-order valence-corrected chi connectivity index (χ3v) is 5.30. The number of likely N-dealkylation sites (tertiary alicyclic amines) is 1. The fourth-order valence-corrected chi connectivity index (χ4v) is 3.79. The summed E-state index contributed by atoms with van der Waals surface area (Å²) in [5, 5.41) is 11.1. The Labute approximate surface area is 160 Å². The molecule has 3 rings (SSSR count). The number of ether oxygens (including phenoxy) is 2. The molecule has 0 radical (unpaired) electrons. The number of β-amino-alcohol motifs (C(OH)–C–C–N with tert-alkyl or cyclic N) is 1. The summed E-state index contributed by atoms with van der Waals surface area (Å²) in [4.78, 5) is 14.7. The van der Waals surface area contributed by atoms with Crippen molar-refractivity contribution in [2.24, 2.45) is 7.05 Å². The number of fused-ring (bicyclic) bond motifs is 1. The average Bonchev–Trinajstić information content (AvgIpc) is 2.91. The molecule has 0 spiro atoms. The first-order valence-corrected chi connectivity index (χ1v) is 9.80. The fourth-order valence-electron chi connectivity index (χ4n) is 3.79. The molecule has 1 fully saturated rings. The Morgan fingerprint density at radius 3 is 2.70 bits per heavy atom. The van der Waals surface area contributed by atoms with Gasteiger partial charge in [-0.15, -0.1) is 0 Å². The molecule has 0 amide bonds. The zero-order valence-corrected chi connectivity index (χ0v) is 16.5. The number of aryl methyl sites for hydroxylation is 1. The molecule has 1 aromatic heterocycles. The second-order valence-electron chi connectivity index (χ2n) is 7.24. The Hall–Kier alpha value is -2.05. The summed E-state index contributed by atoms with van der Waals surface area (Å²) in [7, 11) is 1.93. The number of carbonyl (C=O) groups is 1. The van der Waals surface area contributed by atoms with Crippen LogP contribution in [0.15, 0.2) is 18.2 Å². The van der Waals surface area contributed by atoms with Gasteiger partial charge in [0.25, 0.3) is 0 Å². The molecule has 6 nitrogen and oxygen atoms in total. The van der Waals surface area contributed by atoms with Gasteiger partial charge in [-0.3, -0.25) is 0 Å². The maximum Gasteiger partial charge on any atom is 0.340 e. The third-order valence-electron chi connectivity index (χ3n) is 5.30. The van der Waals surface area contributed by atoms with Crippen LogP contribution in [0.4, 0.5) is 0 Å². The highest BCUT2D eigenvalue weighted by Gasteiger charge is 2.20. The van der Waals surface area contributed by atoms with Crippen LogP contribution in [0.25, 0.3) is 10.9 Å². The number of aliphatic hydroxyl groups excluding tert-OH is 1. The highest BCUT2D eigenvalue weighted by molar-refractivity contribution is 6.06. The number of nitrogens with zero attached hydrogens (tertiary/aromatic N) is 2. The van der Waals surface area contributed by atoms with Gasteiger partial charge in [0.2, 0.25) is 0 Å². The Balaban J connectivity index is 1.71. The van der Waals surface area contributed by atoms with Crippen molar-refractivity contribution in [1.82, 2.24) is 9.47 Å². The van der Waals surface area contributed by atoms with Crippen LogP contribution in [0.2, 0.25) is 0 Å². The molecule has 1 saturated heterocycles. The summed E-state index contributed by atoms with van der Waals surface area (Å²) in [5.74, 6) is 0.333. The summed E-state index contributed by atoms with van der Waals surface area (Å²) in [6.07, 6.45) is 3.16. The number of rotatable bonds is 7. The van der Waals surface area contributed by atoms with Gasteiger partial charge in [-0.25, -0.2) is 4.79 Å². The van der Waals surface area contributed by atoms with Crippen molar-refractivity contribution in [3.8, 4) is 5.75 Å². The zero-order chi connectivity index (χ0) is 19.4. The minimum absolute atomic E-state index is 0.239. The van der Waals surface area contributed by atoms with E-state index in [1.54, 1.807) is 6.92 Å². The lowest BCUT2D eigenvalue weighted by molar-refractivity contribution is 0.0527. The lowest BCUT2D eigenvalue weighted by atomic mass is 10.1. The maximum absolute atomic E-state index is 12.4. The number of aromatic nitrogens is 1. The minimum atomic E-state index is -0.527. The van der Waals surface area contributed by atoms with Crippen LogP contribution in [0.1, 0.15) is 42.2 Å². The summed E-state index contributed by atoms with van der Waals surface area (Å²) in [6.45, 7) is 7.03. The summed E-state index contributed by atoms with van der Waals surface area (Å²) >= 11 is 0. The van der Waals surface area contributed by atoms with Crippen LogP contribution < -0.4 is 4.74 Å². The van der Waals surface area contributed by atoms with E-state index in [0.29, 0.717) is 24.5 Å². The quantitative estimate of drug-likeness (QED) is 0.755. The molecule has 2 heterocycles. The van der Waals surface area contributed by atoms with E-state index >= 15 is 0 Å². The van der Waals surface area contributed by atoms with Gasteiger partial charge < -0.3 is 24.0 Å². The van der Waals surface area contributed by atoms with Crippen LogP contribution in [0, 0.1) is 6.92 Å². The van der Waals surface area contributed by atoms with Crippen molar-refractivity contribution in [2.75, 3.05) is 32.8 Å². The number of aliphatic hydroxyl groups is 1. The standard InChI is InChI=1S/C21H30N2O4/c1-4-26-21(25)20-15(2)22(3)19-9-8-17(12-18(19)20)27-14-16(24)13-23-10-6-5-7-11-23/h8-9,12,16,24H,4-7,10-11,13-14H2,1-3H3/t16-/m1/s1. The molecule has 0 unspecified atom stereocenters. The van der Waals surface area contributed by atoms with Crippen LogP contribution in [-0.4, -0.2) is 59.5 Å². The van der Waals surface area contributed by atoms with Crippen molar-refractivity contribution < 1.29 is 19.4 Å². The second kappa shape index (κ2) is 8.76. The first-order chi connectivity index (χ1) is 13.0. The fraction of sp³-hybridized carbons (Fsp3) is 0.571. The molecule has 6 heteroatoms. The molecule has 1 atom stereocenters. The second-order valence-corrected chi connectivity index (χ2v) is 7.24. The third kappa shape index (κ3) is 4.45. The van der Waals surface area contributed by atoms with Gasteiger partial charge in [0, 0.05) is 30.2 Å². The van der Waals surface area contributed by atoms with Crippen LogP contribution in [-0.2, 0) is 11.8 Å². The Morgan fingerprint density at radius 1 is 1.26 bits per heavy atom. The molecule has 1 N–H and O–H groups in total. The summed E-state index contributed by atoms with van der Waals surface area (Å²) < 4.78 is 13.0. The molecule has 1 aromatic carbocycles. The number of carbonyl (C=O) groups excluding carboxylic acids is 1.